The molecule has 0 N–H and O–H groups in total. The largest absolute Gasteiger partial charge is 0.405 e. The van der Waals surface area contributed by atoms with Crippen LogP contribution in [0.15, 0.2) is 73.3 Å². The lowest BCUT2D eigenvalue weighted by Gasteiger charge is -2.44. The summed E-state index contributed by atoms with van der Waals surface area (Å²) in [5.74, 6) is -0.295. The van der Waals surface area contributed by atoms with Gasteiger partial charge in [-0.3, -0.25) is 14.5 Å². The van der Waals surface area contributed by atoms with E-state index in [-0.39, 0.29) is 36.3 Å². The molecule has 5 heteroatoms. The Labute approximate surface area is 174 Å². The minimum Gasteiger partial charge on any atom is -0.405 e. The molecule has 0 aliphatic carbocycles. The Hall–Kier alpha value is -2.50. The Balaban J connectivity index is 2.05. The van der Waals surface area contributed by atoms with Crippen LogP contribution in [0.4, 0.5) is 0 Å². The number of carbonyl (C=O) groups excluding carboxylic acids is 2. The van der Waals surface area contributed by atoms with Gasteiger partial charge in [-0.2, -0.15) is 0 Å². The molecule has 29 heavy (non-hydrogen) atoms. The van der Waals surface area contributed by atoms with Crippen LogP contribution < -0.4 is 10.4 Å². The third-order valence-electron chi connectivity index (χ3n) is 5.58. The topological polar surface area (TPSA) is 46.6 Å². The molecule has 0 aromatic heterocycles. The Bertz CT molecular complexity index is 819. The molecule has 0 saturated carbocycles. The maximum Gasteiger partial charge on any atom is 0.261 e. The lowest BCUT2D eigenvalue weighted by Crippen LogP contribution is -2.67. The van der Waals surface area contributed by atoms with Gasteiger partial charge in [0.2, 0.25) is 11.8 Å². The van der Waals surface area contributed by atoms with Gasteiger partial charge in [-0.25, -0.2) is 0 Å². The molecule has 1 aliphatic heterocycles. The van der Waals surface area contributed by atoms with Crippen LogP contribution in [0, 0.1) is 0 Å². The van der Waals surface area contributed by atoms with Crippen LogP contribution in [-0.4, -0.2) is 37.7 Å². The van der Waals surface area contributed by atoms with E-state index < -0.39 is 14.4 Å². The highest BCUT2D eigenvalue weighted by molar-refractivity contribution is 6.99. The van der Waals surface area contributed by atoms with Crippen molar-refractivity contribution in [2.24, 2.45) is 0 Å². The predicted octanol–water partition coefficient (Wildman–Crippen LogP) is 3.27. The summed E-state index contributed by atoms with van der Waals surface area (Å²) >= 11 is 0. The number of imide groups is 1. The summed E-state index contributed by atoms with van der Waals surface area (Å²) in [7, 11) is -2.72. The van der Waals surface area contributed by atoms with Crippen molar-refractivity contribution in [3.8, 4) is 0 Å². The molecule has 2 amide bonds. The zero-order chi connectivity index (χ0) is 21.1. The first-order valence-corrected chi connectivity index (χ1v) is 11.9. The van der Waals surface area contributed by atoms with Gasteiger partial charge in [0.1, 0.15) is 0 Å². The summed E-state index contributed by atoms with van der Waals surface area (Å²) in [6.45, 7) is 10.7. The van der Waals surface area contributed by atoms with Crippen molar-refractivity contribution in [1.29, 1.82) is 0 Å². The maximum atomic E-state index is 12.3. The van der Waals surface area contributed by atoms with E-state index >= 15 is 0 Å². The van der Waals surface area contributed by atoms with Crippen molar-refractivity contribution >= 4 is 30.5 Å². The van der Waals surface area contributed by atoms with Gasteiger partial charge in [0.05, 0.1) is 12.6 Å². The van der Waals surface area contributed by atoms with Gasteiger partial charge in [0.25, 0.3) is 8.32 Å². The average Bonchev–Trinajstić information content (AvgIpc) is 3.04. The molecule has 1 atom stereocenters. The quantitative estimate of drug-likeness (QED) is 0.402. The van der Waals surface area contributed by atoms with Gasteiger partial charge in [-0.1, -0.05) is 87.5 Å². The van der Waals surface area contributed by atoms with Gasteiger partial charge >= 0.3 is 0 Å². The van der Waals surface area contributed by atoms with E-state index in [1.54, 1.807) is 6.08 Å². The monoisotopic (exact) mass is 407 g/mol. The van der Waals surface area contributed by atoms with E-state index in [0.717, 1.165) is 0 Å². The number of benzene rings is 2. The first-order chi connectivity index (χ1) is 13.8. The van der Waals surface area contributed by atoms with Gasteiger partial charge in [0.15, 0.2) is 0 Å². The molecule has 1 saturated heterocycles. The minimum absolute atomic E-state index is 0.147. The Morgan fingerprint density at radius 1 is 0.966 bits per heavy atom. The fourth-order valence-corrected chi connectivity index (χ4v) is 8.76. The van der Waals surface area contributed by atoms with E-state index in [4.69, 9.17) is 4.43 Å². The minimum atomic E-state index is -2.72. The zero-order valence-corrected chi connectivity index (χ0v) is 18.4. The summed E-state index contributed by atoms with van der Waals surface area (Å²) < 4.78 is 6.85. The number of hydrogen-bond acceptors (Lipinski definition) is 3. The molecule has 0 bridgehead atoms. The molecule has 3 rings (SSSR count). The highest BCUT2D eigenvalue weighted by Crippen LogP contribution is 2.37. The first kappa shape index (κ1) is 21.2. The molecule has 1 fully saturated rings. The number of rotatable bonds is 7. The van der Waals surface area contributed by atoms with E-state index in [9.17, 15) is 9.59 Å². The highest BCUT2D eigenvalue weighted by atomic mass is 28.4. The van der Waals surface area contributed by atoms with Crippen LogP contribution in [0.2, 0.25) is 5.04 Å². The fraction of sp³-hybridized carbons (Fsp3) is 0.333. The third kappa shape index (κ3) is 3.98. The summed E-state index contributed by atoms with van der Waals surface area (Å²) in [6, 6.07) is 20.2. The summed E-state index contributed by atoms with van der Waals surface area (Å²) in [4.78, 5) is 25.8. The maximum absolute atomic E-state index is 12.3. The Morgan fingerprint density at radius 2 is 1.41 bits per heavy atom. The number of nitrogens with zero attached hydrogens (tertiary/aromatic N) is 1. The molecular formula is C24H29NO3Si. The Kier molecular flexibility index (Phi) is 6.20. The summed E-state index contributed by atoms with van der Waals surface area (Å²) in [5, 5.41) is 2.17. The molecule has 0 radical (unpaired) electrons. The van der Waals surface area contributed by atoms with E-state index in [1.165, 1.54) is 15.3 Å². The van der Waals surface area contributed by atoms with E-state index in [0.29, 0.717) is 0 Å². The van der Waals surface area contributed by atoms with Crippen LogP contribution in [0.25, 0.3) is 0 Å². The van der Waals surface area contributed by atoms with Crippen molar-refractivity contribution in [2.45, 2.75) is 44.7 Å². The molecular weight excluding hydrogens is 378 g/mol. The second kappa shape index (κ2) is 8.47. The van der Waals surface area contributed by atoms with Crippen LogP contribution in [-0.2, 0) is 14.0 Å². The Morgan fingerprint density at radius 3 is 1.79 bits per heavy atom. The zero-order valence-electron chi connectivity index (χ0n) is 17.4. The number of carbonyl (C=O) groups is 2. The lowest BCUT2D eigenvalue weighted by molar-refractivity contribution is -0.140. The first-order valence-electron chi connectivity index (χ1n) is 10.0. The SMILES string of the molecule is C=C[C@H](CO[Si](c1ccccc1)(c1ccccc1)C(C)(C)C)N1C(=O)CCC1=O. The number of hydrogen-bond donors (Lipinski definition) is 0. The van der Waals surface area contributed by atoms with Gasteiger partial charge < -0.3 is 4.43 Å². The van der Waals surface area contributed by atoms with Crippen LogP contribution in [0.5, 0.6) is 0 Å². The highest BCUT2D eigenvalue weighted by Gasteiger charge is 2.50. The number of amides is 2. The second-order valence-corrected chi connectivity index (χ2v) is 12.7. The van der Waals surface area contributed by atoms with Crippen molar-refractivity contribution in [3.63, 3.8) is 0 Å². The molecule has 1 aliphatic rings. The normalized spacial score (nSPS) is 16.2. The van der Waals surface area contributed by atoms with Crippen molar-refractivity contribution < 1.29 is 14.0 Å². The van der Waals surface area contributed by atoms with E-state index in [1.807, 2.05) is 36.4 Å². The van der Waals surface area contributed by atoms with Crippen LogP contribution >= 0.6 is 0 Å². The van der Waals surface area contributed by atoms with Gasteiger partial charge in [-0.15, -0.1) is 6.58 Å². The molecule has 1 heterocycles. The second-order valence-electron chi connectivity index (χ2n) is 8.43. The standard InChI is InChI=1S/C24H29NO3Si/c1-5-19(25-22(26)16-17-23(25)27)18-28-29(24(2,3)4,20-12-8-6-9-13-20)21-14-10-7-11-15-21/h5-15,19H,1,16-18H2,2-4H3/t19-/m1/s1. The average molecular weight is 408 g/mol. The summed E-state index contributed by atoms with van der Waals surface area (Å²) in [6.07, 6.45) is 2.18. The molecule has 2 aromatic rings. The van der Waals surface area contributed by atoms with Crippen LogP contribution in [0.1, 0.15) is 33.6 Å². The van der Waals surface area contributed by atoms with Gasteiger partial charge in [0, 0.05) is 12.8 Å². The molecule has 2 aromatic carbocycles. The predicted molar refractivity (Wildman–Crippen MR) is 119 cm³/mol. The van der Waals surface area contributed by atoms with Gasteiger partial charge in [-0.05, 0) is 15.4 Å². The number of likely N-dealkylation sites (tertiary alicyclic amines) is 1. The van der Waals surface area contributed by atoms with E-state index in [2.05, 4.69) is 51.6 Å². The lowest BCUT2D eigenvalue weighted by atomic mass is 10.2. The van der Waals surface area contributed by atoms with Crippen molar-refractivity contribution in [1.82, 2.24) is 4.90 Å². The smallest absolute Gasteiger partial charge is 0.261 e. The van der Waals surface area contributed by atoms with Crippen LogP contribution in [0.3, 0.4) is 0 Å². The molecule has 152 valence electrons. The van der Waals surface area contributed by atoms with Crippen molar-refractivity contribution in [3.05, 3.63) is 73.3 Å². The summed E-state index contributed by atoms with van der Waals surface area (Å²) in [5.41, 5.74) is 0. The molecule has 0 spiro atoms. The fourth-order valence-electron chi connectivity index (χ4n) is 4.18. The third-order valence-corrected chi connectivity index (χ3v) is 10.6. The molecule has 0 unspecified atom stereocenters. The molecule has 4 nitrogen and oxygen atoms in total. The van der Waals surface area contributed by atoms with Crippen molar-refractivity contribution in [2.75, 3.05) is 6.61 Å².